The van der Waals surface area contributed by atoms with Crippen LogP contribution in [0.4, 0.5) is 5.69 Å². The molecule has 96 valence electrons. The molecule has 0 radical (unpaired) electrons. The van der Waals surface area contributed by atoms with Crippen LogP contribution in [0.15, 0.2) is 17.6 Å². The molecule has 0 saturated carbocycles. The minimum absolute atomic E-state index is 0.111. The number of nitrogens with zero attached hydrogens (tertiary/aromatic N) is 1. The molecule has 0 aliphatic carbocycles. The van der Waals surface area contributed by atoms with Crippen molar-refractivity contribution in [1.82, 2.24) is 10.3 Å². The van der Waals surface area contributed by atoms with Crippen molar-refractivity contribution >= 4 is 34.3 Å². The number of thiazole rings is 1. The largest absolute Gasteiger partial charge is 0.398 e. The predicted octanol–water partition coefficient (Wildman–Crippen LogP) is 2.76. The van der Waals surface area contributed by atoms with Gasteiger partial charge < -0.3 is 11.1 Å². The molecule has 0 atom stereocenters. The molecular formula is C12H15N3OS2. The van der Waals surface area contributed by atoms with Gasteiger partial charge in [0.1, 0.15) is 5.01 Å². The quantitative estimate of drug-likeness (QED) is 0.909. The molecule has 0 saturated heterocycles. The topological polar surface area (TPSA) is 68.0 Å². The molecule has 0 fully saturated rings. The van der Waals surface area contributed by atoms with Gasteiger partial charge in [-0.05, 0) is 26.8 Å². The van der Waals surface area contributed by atoms with Gasteiger partial charge in [0, 0.05) is 22.1 Å². The van der Waals surface area contributed by atoms with E-state index in [4.69, 9.17) is 5.73 Å². The fourth-order valence-corrected chi connectivity index (χ4v) is 3.09. The summed E-state index contributed by atoms with van der Waals surface area (Å²) in [5, 5.41) is 5.76. The summed E-state index contributed by atoms with van der Waals surface area (Å²) in [6, 6.07) is 1.72. The van der Waals surface area contributed by atoms with Crippen molar-refractivity contribution in [2.45, 2.75) is 26.3 Å². The molecule has 2 heterocycles. The zero-order chi connectivity index (χ0) is 13.3. The van der Waals surface area contributed by atoms with Crippen molar-refractivity contribution in [1.29, 1.82) is 0 Å². The number of hydrogen-bond acceptors (Lipinski definition) is 5. The summed E-state index contributed by atoms with van der Waals surface area (Å²) < 4.78 is 0. The van der Waals surface area contributed by atoms with Gasteiger partial charge in [0.15, 0.2) is 0 Å². The Morgan fingerprint density at radius 3 is 2.72 bits per heavy atom. The molecule has 6 heteroatoms. The second-order valence-electron chi connectivity index (χ2n) is 4.54. The average molecular weight is 281 g/mol. The van der Waals surface area contributed by atoms with Crippen molar-refractivity contribution in [2.75, 3.05) is 5.73 Å². The number of carbonyl (C=O) groups is 1. The lowest BCUT2D eigenvalue weighted by Crippen LogP contribution is -2.40. The summed E-state index contributed by atoms with van der Waals surface area (Å²) in [7, 11) is 0. The maximum absolute atomic E-state index is 12.1. The van der Waals surface area contributed by atoms with Gasteiger partial charge in [-0.25, -0.2) is 4.98 Å². The molecule has 0 spiro atoms. The van der Waals surface area contributed by atoms with Crippen molar-refractivity contribution in [2.24, 2.45) is 0 Å². The third kappa shape index (κ3) is 2.54. The van der Waals surface area contributed by atoms with Crippen molar-refractivity contribution < 1.29 is 4.79 Å². The van der Waals surface area contributed by atoms with Crippen LogP contribution >= 0.6 is 22.7 Å². The van der Waals surface area contributed by atoms with Gasteiger partial charge in [-0.2, -0.15) is 0 Å². The van der Waals surface area contributed by atoms with Crippen LogP contribution in [-0.4, -0.2) is 10.9 Å². The van der Waals surface area contributed by atoms with Gasteiger partial charge in [-0.1, -0.05) is 0 Å². The Kier molecular flexibility index (Phi) is 3.41. The fourth-order valence-electron chi connectivity index (χ4n) is 1.54. The van der Waals surface area contributed by atoms with Crippen LogP contribution in [0, 0.1) is 6.92 Å². The molecule has 2 rings (SSSR count). The van der Waals surface area contributed by atoms with Crippen molar-refractivity contribution in [3.8, 4) is 0 Å². The van der Waals surface area contributed by atoms with Gasteiger partial charge >= 0.3 is 0 Å². The first-order valence-corrected chi connectivity index (χ1v) is 7.18. The highest BCUT2D eigenvalue weighted by atomic mass is 32.1. The minimum Gasteiger partial charge on any atom is -0.398 e. The molecule has 0 aliphatic rings. The summed E-state index contributed by atoms with van der Waals surface area (Å²) in [6.07, 6.45) is 1.74. The van der Waals surface area contributed by atoms with E-state index in [1.807, 2.05) is 26.2 Å². The number of nitrogens with two attached hydrogens (primary N) is 1. The van der Waals surface area contributed by atoms with E-state index >= 15 is 0 Å². The number of hydrogen-bond donors (Lipinski definition) is 2. The summed E-state index contributed by atoms with van der Waals surface area (Å²) in [6.45, 7) is 5.78. The van der Waals surface area contributed by atoms with Gasteiger partial charge in [0.2, 0.25) is 0 Å². The number of aromatic nitrogens is 1. The van der Waals surface area contributed by atoms with E-state index in [2.05, 4.69) is 10.3 Å². The predicted molar refractivity (Wildman–Crippen MR) is 76.1 cm³/mol. The number of nitrogen functional groups attached to an aromatic ring is 1. The van der Waals surface area contributed by atoms with E-state index in [1.54, 1.807) is 12.3 Å². The van der Waals surface area contributed by atoms with Gasteiger partial charge in [-0.15, -0.1) is 22.7 Å². The Hall–Kier alpha value is -1.40. The van der Waals surface area contributed by atoms with Gasteiger partial charge in [0.25, 0.3) is 5.91 Å². The molecule has 2 aromatic heterocycles. The van der Waals surface area contributed by atoms with E-state index in [9.17, 15) is 4.79 Å². The maximum atomic E-state index is 12.1. The number of anilines is 1. The summed E-state index contributed by atoms with van der Waals surface area (Å²) in [5.41, 5.74) is 5.95. The lowest BCUT2D eigenvalue weighted by Gasteiger charge is -2.23. The standard InChI is InChI=1S/C12H15N3OS2/c1-7-8(13)6-9(18-7)10(16)15-12(2,3)11-14-4-5-17-11/h4-6H,13H2,1-3H3,(H,15,16). The third-order valence-corrected chi connectivity index (χ3v) is 4.73. The molecule has 0 aromatic carbocycles. The third-order valence-electron chi connectivity index (χ3n) is 2.57. The normalized spacial score (nSPS) is 11.5. The Bertz CT molecular complexity index is 538. The van der Waals surface area contributed by atoms with E-state index in [0.29, 0.717) is 10.6 Å². The summed E-state index contributed by atoms with van der Waals surface area (Å²) >= 11 is 2.93. The Balaban J connectivity index is 2.17. The molecule has 2 aromatic rings. The van der Waals surface area contributed by atoms with E-state index in [0.717, 1.165) is 9.88 Å². The molecule has 0 aliphatic heterocycles. The highest BCUT2D eigenvalue weighted by molar-refractivity contribution is 7.14. The van der Waals surface area contributed by atoms with E-state index in [-0.39, 0.29) is 5.91 Å². The second kappa shape index (κ2) is 4.70. The lowest BCUT2D eigenvalue weighted by atomic mass is 10.1. The first-order chi connectivity index (χ1) is 8.40. The van der Waals surface area contributed by atoms with Crippen LogP contribution < -0.4 is 11.1 Å². The Labute approximate surface area is 114 Å². The zero-order valence-electron chi connectivity index (χ0n) is 10.5. The number of amides is 1. The first-order valence-electron chi connectivity index (χ1n) is 5.48. The van der Waals surface area contributed by atoms with Gasteiger partial charge in [0.05, 0.1) is 10.4 Å². The number of rotatable bonds is 3. The molecule has 0 bridgehead atoms. The van der Waals surface area contributed by atoms with E-state index in [1.165, 1.54) is 22.7 Å². The van der Waals surface area contributed by atoms with Crippen LogP contribution in [0.2, 0.25) is 0 Å². The maximum Gasteiger partial charge on any atom is 0.262 e. The summed E-state index contributed by atoms with van der Waals surface area (Å²) in [5.74, 6) is -0.111. The fraction of sp³-hybridized carbons (Fsp3) is 0.333. The molecule has 0 unspecified atom stereocenters. The van der Waals surface area contributed by atoms with Crippen LogP contribution in [0.3, 0.4) is 0 Å². The number of thiophene rings is 1. The van der Waals surface area contributed by atoms with Crippen LogP contribution in [0.25, 0.3) is 0 Å². The lowest BCUT2D eigenvalue weighted by molar-refractivity contribution is 0.0916. The van der Waals surface area contributed by atoms with Crippen LogP contribution in [-0.2, 0) is 5.54 Å². The zero-order valence-corrected chi connectivity index (χ0v) is 12.1. The second-order valence-corrected chi connectivity index (χ2v) is 6.69. The highest BCUT2D eigenvalue weighted by Crippen LogP contribution is 2.26. The monoisotopic (exact) mass is 281 g/mol. The first kappa shape index (κ1) is 13.0. The number of nitrogens with one attached hydrogen (secondary N) is 1. The van der Waals surface area contributed by atoms with Gasteiger partial charge in [-0.3, -0.25) is 4.79 Å². The van der Waals surface area contributed by atoms with Crippen LogP contribution in [0.1, 0.15) is 33.4 Å². The number of aryl methyl sites for hydroxylation is 1. The average Bonchev–Trinajstić information content (AvgIpc) is 2.89. The highest BCUT2D eigenvalue weighted by Gasteiger charge is 2.26. The van der Waals surface area contributed by atoms with E-state index < -0.39 is 5.54 Å². The van der Waals surface area contributed by atoms with Crippen molar-refractivity contribution in [3.05, 3.63) is 32.4 Å². The molecule has 3 N–H and O–H groups in total. The van der Waals surface area contributed by atoms with Crippen molar-refractivity contribution in [3.63, 3.8) is 0 Å². The smallest absolute Gasteiger partial charge is 0.262 e. The van der Waals surface area contributed by atoms with Crippen LogP contribution in [0.5, 0.6) is 0 Å². The minimum atomic E-state index is -0.474. The summed E-state index contributed by atoms with van der Waals surface area (Å²) in [4.78, 5) is 18.0. The molecule has 1 amide bonds. The Morgan fingerprint density at radius 2 is 2.22 bits per heavy atom. The Morgan fingerprint density at radius 1 is 1.50 bits per heavy atom. The number of carbonyl (C=O) groups excluding carboxylic acids is 1. The molecule has 4 nitrogen and oxygen atoms in total. The molecule has 18 heavy (non-hydrogen) atoms. The molecular weight excluding hydrogens is 266 g/mol. The SMILES string of the molecule is Cc1sc(C(=O)NC(C)(C)c2nccs2)cc1N.